The number of H-pyrrole nitrogens is 1. The van der Waals surface area contributed by atoms with Gasteiger partial charge in [0.05, 0.1) is 12.6 Å². The Hall–Kier alpha value is -2.33. The van der Waals surface area contributed by atoms with Gasteiger partial charge in [0.25, 0.3) is 0 Å². The van der Waals surface area contributed by atoms with E-state index in [9.17, 15) is 17.1 Å². The van der Waals surface area contributed by atoms with Crippen molar-refractivity contribution in [1.82, 2.24) is 19.9 Å². The topological polar surface area (TPSA) is 104 Å². The maximum absolute atomic E-state index is 12.9. The number of carbonyl (C=O) groups is 1. The van der Waals surface area contributed by atoms with Gasteiger partial charge < -0.3 is 20.4 Å². The van der Waals surface area contributed by atoms with E-state index >= 15 is 0 Å². The summed E-state index contributed by atoms with van der Waals surface area (Å²) >= 11 is 0. The summed E-state index contributed by atoms with van der Waals surface area (Å²) < 4.78 is 40.7. The molecule has 1 fully saturated rings. The lowest BCUT2D eigenvalue weighted by molar-refractivity contribution is 0.227. The number of halogens is 1. The molecule has 1 aliphatic heterocycles. The van der Waals surface area contributed by atoms with Gasteiger partial charge in [0.1, 0.15) is 5.75 Å². The van der Waals surface area contributed by atoms with Crippen molar-refractivity contribution in [2.75, 3.05) is 26.7 Å². The zero-order valence-corrected chi connectivity index (χ0v) is 15.8. The number of fused-ring (bicyclic) bond motifs is 1. The van der Waals surface area contributed by atoms with E-state index in [2.05, 4.69) is 15.6 Å². The van der Waals surface area contributed by atoms with Gasteiger partial charge in [-0.15, -0.1) is 0 Å². The fourth-order valence-corrected chi connectivity index (χ4v) is 3.97. The number of aromatic amines is 1. The summed E-state index contributed by atoms with van der Waals surface area (Å²) in [6.07, 6.45) is 3.33. The molecule has 0 unspecified atom stereocenters. The van der Waals surface area contributed by atoms with Crippen LogP contribution in [-0.2, 0) is 16.8 Å². The van der Waals surface area contributed by atoms with Crippen LogP contribution in [0.3, 0.4) is 0 Å². The molecule has 3 N–H and O–H groups in total. The Morgan fingerprint density at radius 2 is 2.11 bits per heavy atom. The van der Waals surface area contributed by atoms with Crippen LogP contribution in [0.2, 0.25) is 0 Å². The quantitative estimate of drug-likeness (QED) is 0.644. The van der Waals surface area contributed by atoms with E-state index in [1.165, 1.54) is 0 Å². The van der Waals surface area contributed by atoms with Gasteiger partial charge in [0.2, 0.25) is 0 Å². The summed E-state index contributed by atoms with van der Waals surface area (Å²) in [4.78, 5) is 15.2. The van der Waals surface area contributed by atoms with Crippen LogP contribution >= 0.6 is 0 Å². The number of aromatic nitrogens is 1. The molecule has 0 atom stereocenters. The number of piperidine rings is 1. The Bertz CT molecular complexity index is 907. The molecule has 0 aliphatic carbocycles. The van der Waals surface area contributed by atoms with Crippen LogP contribution < -0.4 is 15.4 Å². The molecule has 2 heterocycles. The number of nitrogens with one attached hydrogen (secondary N) is 3. The lowest BCUT2D eigenvalue weighted by atomic mass is 10.1. The fraction of sp³-hybridized carbons (Fsp3) is 0.471. The number of hydrogen-bond acceptors (Lipinski definition) is 4. The minimum Gasteiger partial charge on any atom is -0.495 e. The van der Waals surface area contributed by atoms with Gasteiger partial charge in [-0.1, -0.05) is 16.0 Å². The van der Waals surface area contributed by atoms with Crippen molar-refractivity contribution < 1.29 is 21.8 Å². The highest BCUT2D eigenvalue weighted by Crippen LogP contribution is 2.27. The minimum atomic E-state index is -4.65. The van der Waals surface area contributed by atoms with Gasteiger partial charge in [-0.3, -0.25) is 0 Å². The second-order valence-electron chi connectivity index (χ2n) is 6.46. The highest BCUT2D eigenvalue weighted by atomic mass is 32.3. The van der Waals surface area contributed by atoms with Gasteiger partial charge in [0.15, 0.2) is 0 Å². The van der Waals surface area contributed by atoms with Gasteiger partial charge in [0, 0.05) is 37.3 Å². The Morgan fingerprint density at radius 1 is 1.37 bits per heavy atom. The van der Waals surface area contributed by atoms with Crippen LogP contribution in [0.15, 0.2) is 24.4 Å². The van der Waals surface area contributed by atoms with E-state index in [0.717, 1.165) is 26.5 Å². The van der Waals surface area contributed by atoms with Gasteiger partial charge >= 0.3 is 16.4 Å². The number of methoxy groups -OCH3 is 1. The van der Waals surface area contributed by atoms with Crippen molar-refractivity contribution in [3.05, 3.63) is 30.0 Å². The van der Waals surface area contributed by atoms with E-state index < -0.39 is 10.4 Å². The molecule has 148 valence electrons. The molecule has 1 saturated heterocycles. The van der Waals surface area contributed by atoms with Gasteiger partial charge in [-0.25, -0.2) is 4.79 Å². The summed E-state index contributed by atoms with van der Waals surface area (Å²) in [5.74, 6) is 0.770. The van der Waals surface area contributed by atoms with Crippen molar-refractivity contribution in [2.45, 2.75) is 25.3 Å². The number of carbonyl (C=O) groups excluding carboxylic acids is 1. The normalized spacial score (nSPS) is 16.4. The minimum absolute atomic E-state index is 0.0704. The molecule has 0 saturated carbocycles. The number of ether oxygens (including phenoxy) is 1. The third-order valence-electron chi connectivity index (χ3n) is 4.76. The van der Waals surface area contributed by atoms with Gasteiger partial charge in [-0.2, -0.15) is 12.7 Å². The second kappa shape index (κ2) is 8.13. The lowest BCUT2D eigenvalue weighted by Gasteiger charge is -2.29. The SMILES string of the molecule is COc1cccc2c(CCNC(=O)NC3CCN(S(=O)(=O)F)CC3)c[nH]c12. The van der Waals surface area contributed by atoms with Gasteiger partial charge in [-0.05, 0) is 30.9 Å². The van der Waals surface area contributed by atoms with Crippen LogP contribution in [-0.4, -0.2) is 56.5 Å². The third kappa shape index (κ3) is 4.69. The predicted molar refractivity (Wildman–Crippen MR) is 99.7 cm³/mol. The first-order chi connectivity index (χ1) is 12.9. The average molecular weight is 398 g/mol. The maximum atomic E-state index is 12.9. The molecule has 3 rings (SSSR count). The van der Waals surface area contributed by atoms with Crippen molar-refractivity contribution in [1.29, 1.82) is 0 Å². The average Bonchev–Trinajstić information content (AvgIpc) is 3.04. The highest BCUT2D eigenvalue weighted by molar-refractivity contribution is 7.83. The first-order valence-corrected chi connectivity index (χ1v) is 10.1. The highest BCUT2D eigenvalue weighted by Gasteiger charge is 2.28. The molecule has 8 nitrogen and oxygen atoms in total. The van der Waals surface area contributed by atoms with Crippen molar-refractivity contribution in [2.24, 2.45) is 0 Å². The molecule has 1 aromatic heterocycles. The standard InChI is InChI=1S/C17H23FN4O4S/c1-26-15-4-2-3-14-12(11-20-16(14)15)5-8-19-17(23)21-13-6-9-22(10-7-13)27(18,24)25/h2-4,11,13,20H,5-10H2,1H3,(H2,19,21,23). The first kappa shape index (κ1) is 19.4. The number of nitrogens with zero attached hydrogens (tertiary/aromatic N) is 1. The molecule has 1 aliphatic rings. The summed E-state index contributed by atoms with van der Waals surface area (Å²) in [7, 11) is -3.03. The Kier molecular flexibility index (Phi) is 5.85. The largest absolute Gasteiger partial charge is 0.495 e. The summed E-state index contributed by atoms with van der Waals surface area (Å²) in [6, 6.07) is 5.32. The smallest absolute Gasteiger partial charge is 0.374 e. The monoisotopic (exact) mass is 398 g/mol. The number of rotatable bonds is 6. The number of hydrogen-bond donors (Lipinski definition) is 3. The van der Waals surface area contributed by atoms with E-state index in [0.29, 0.717) is 25.8 Å². The van der Waals surface area contributed by atoms with E-state index in [1.807, 2.05) is 24.4 Å². The lowest BCUT2D eigenvalue weighted by Crippen LogP contribution is -2.48. The molecular formula is C17H23FN4O4S. The fourth-order valence-electron chi connectivity index (χ4n) is 3.33. The summed E-state index contributed by atoms with van der Waals surface area (Å²) in [5.41, 5.74) is 2.00. The van der Waals surface area contributed by atoms with Crippen LogP contribution in [0.5, 0.6) is 5.75 Å². The van der Waals surface area contributed by atoms with Crippen LogP contribution in [0, 0.1) is 0 Å². The molecule has 0 bridgehead atoms. The Labute approximate surface area is 157 Å². The maximum Gasteiger partial charge on any atom is 0.374 e. The predicted octanol–water partition coefficient (Wildman–Crippen LogP) is 1.70. The van der Waals surface area contributed by atoms with Crippen molar-refractivity contribution in [3.63, 3.8) is 0 Å². The van der Waals surface area contributed by atoms with Crippen LogP contribution in [0.1, 0.15) is 18.4 Å². The summed E-state index contributed by atoms with van der Waals surface area (Å²) in [6.45, 7) is 0.593. The molecule has 0 spiro atoms. The second-order valence-corrected chi connectivity index (χ2v) is 7.80. The summed E-state index contributed by atoms with van der Waals surface area (Å²) in [5, 5.41) is 6.66. The molecule has 1 aromatic carbocycles. The zero-order valence-electron chi connectivity index (χ0n) is 15.0. The van der Waals surface area contributed by atoms with Crippen molar-refractivity contribution in [3.8, 4) is 5.75 Å². The molecule has 10 heteroatoms. The Morgan fingerprint density at radius 3 is 2.78 bits per heavy atom. The molecular weight excluding hydrogens is 375 g/mol. The first-order valence-electron chi connectivity index (χ1n) is 8.75. The number of urea groups is 1. The van der Waals surface area contributed by atoms with Crippen molar-refractivity contribution >= 4 is 27.3 Å². The molecule has 27 heavy (non-hydrogen) atoms. The molecule has 2 aromatic rings. The number of para-hydroxylation sites is 1. The van der Waals surface area contributed by atoms with Crippen LogP contribution in [0.4, 0.5) is 8.68 Å². The van der Waals surface area contributed by atoms with E-state index in [4.69, 9.17) is 4.74 Å². The third-order valence-corrected chi connectivity index (χ3v) is 5.74. The van der Waals surface area contributed by atoms with Crippen LogP contribution in [0.25, 0.3) is 10.9 Å². The molecule has 0 radical (unpaired) electrons. The Balaban J connectivity index is 1.45. The number of benzene rings is 1. The number of amides is 2. The van der Waals surface area contributed by atoms with E-state index in [1.54, 1.807) is 7.11 Å². The molecule has 2 amide bonds. The van der Waals surface area contributed by atoms with E-state index in [-0.39, 0.29) is 25.2 Å². The zero-order chi connectivity index (χ0) is 19.4.